The van der Waals surface area contributed by atoms with Gasteiger partial charge in [-0.15, -0.1) is 0 Å². The van der Waals surface area contributed by atoms with Crippen molar-refractivity contribution in [2.24, 2.45) is 0 Å². The monoisotopic (exact) mass is 294 g/mol. The van der Waals surface area contributed by atoms with Crippen molar-refractivity contribution in [3.63, 3.8) is 0 Å². The van der Waals surface area contributed by atoms with E-state index >= 15 is 0 Å². The Labute approximate surface area is 122 Å². The molecule has 2 N–H and O–H groups in total. The van der Waals surface area contributed by atoms with E-state index in [4.69, 9.17) is 0 Å². The van der Waals surface area contributed by atoms with E-state index in [2.05, 4.69) is 15.4 Å². The van der Waals surface area contributed by atoms with Crippen molar-refractivity contribution in [1.29, 1.82) is 0 Å². The fourth-order valence-corrected chi connectivity index (χ4v) is 2.39. The molecule has 1 unspecified atom stereocenters. The number of carbonyl (C=O) groups is 2. The van der Waals surface area contributed by atoms with Crippen molar-refractivity contribution in [2.45, 2.75) is 31.7 Å². The third kappa shape index (κ3) is 3.39. The van der Waals surface area contributed by atoms with Crippen LogP contribution >= 0.6 is 0 Å². The van der Waals surface area contributed by atoms with Gasteiger partial charge in [-0.05, 0) is 50.9 Å². The molecule has 1 aliphatic heterocycles. The van der Waals surface area contributed by atoms with Crippen LogP contribution in [-0.4, -0.2) is 31.1 Å². The van der Waals surface area contributed by atoms with Crippen molar-refractivity contribution in [2.75, 3.05) is 19.0 Å². The average molecular weight is 294 g/mol. The van der Waals surface area contributed by atoms with E-state index in [0.29, 0.717) is 5.69 Å². The summed E-state index contributed by atoms with van der Waals surface area (Å²) in [7, 11) is 1.18. The van der Waals surface area contributed by atoms with Gasteiger partial charge in [0.15, 0.2) is 0 Å². The molecule has 1 fully saturated rings. The normalized spacial score (nSPS) is 21.7. The maximum absolute atomic E-state index is 13.5. The Hall–Kier alpha value is -1.95. The number of rotatable bonds is 3. The van der Waals surface area contributed by atoms with Gasteiger partial charge in [0.25, 0.3) is 0 Å². The second kappa shape index (κ2) is 6.22. The predicted molar refractivity (Wildman–Crippen MR) is 76.6 cm³/mol. The Morgan fingerprint density at radius 3 is 2.76 bits per heavy atom. The molecule has 1 saturated heterocycles. The highest BCUT2D eigenvalue weighted by atomic mass is 19.1. The Balaban J connectivity index is 2.16. The number of methoxy groups -OCH3 is 1. The maximum atomic E-state index is 13.5. The van der Waals surface area contributed by atoms with Crippen LogP contribution in [-0.2, 0) is 9.53 Å². The molecule has 1 aliphatic rings. The van der Waals surface area contributed by atoms with E-state index in [0.717, 1.165) is 31.9 Å². The van der Waals surface area contributed by atoms with Gasteiger partial charge >= 0.3 is 5.97 Å². The molecule has 1 aromatic carbocycles. The van der Waals surface area contributed by atoms with Gasteiger partial charge < -0.3 is 15.4 Å². The van der Waals surface area contributed by atoms with Gasteiger partial charge in [0.05, 0.1) is 18.2 Å². The molecule has 0 saturated carbocycles. The zero-order valence-corrected chi connectivity index (χ0v) is 12.2. The lowest BCUT2D eigenvalue weighted by Gasteiger charge is -2.33. The smallest absolute Gasteiger partial charge is 0.340 e. The van der Waals surface area contributed by atoms with Crippen LogP contribution in [0.25, 0.3) is 0 Å². The largest absolute Gasteiger partial charge is 0.465 e. The summed E-state index contributed by atoms with van der Waals surface area (Å²) in [6.45, 7) is 2.63. The first-order valence-corrected chi connectivity index (χ1v) is 6.90. The summed E-state index contributed by atoms with van der Waals surface area (Å²) < 4.78 is 18.1. The molecule has 1 heterocycles. The summed E-state index contributed by atoms with van der Waals surface area (Å²) >= 11 is 0. The Bertz CT molecular complexity index is 554. The predicted octanol–water partition coefficient (Wildman–Crippen LogP) is 2.08. The molecular weight excluding hydrogens is 275 g/mol. The summed E-state index contributed by atoms with van der Waals surface area (Å²) in [4.78, 5) is 23.8. The molecule has 114 valence electrons. The summed E-state index contributed by atoms with van der Waals surface area (Å²) in [5, 5.41) is 5.92. The molecule has 0 bridgehead atoms. The number of esters is 1. The molecule has 1 atom stereocenters. The minimum atomic E-state index is -0.773. The Kier molecular flexibility index (Phi) is 4.57. The Morgan fingerprint density at radius 2 is 2.14 bits per heavy atom. The van der Waals surface area contributed by atoms with E-state index < -0.39 is 17.3 Å². The molecule has 0 radical (unpaired) electrons. The van der Waals surface area contributed by atoms with Crippen LogP contribution in [0.2, 0.25) is 0 Å². The van der Waals surface area contributed by atoms with Gasteiger partial charge in [-0.3, -0.25) is 4.79 Å². The number of ether oxygens (including phenoxy) is 1. The summed E-state index contributed by atoms with van der Waals surface area (Å²) in [6.07, 6.45) is 2.77. The van der Waals surface area contributed by atoms with Crippen molar-refractivity contribution in [3.8, 4) is 0 Å². The molecule has 1 amide bonds. The molecule has 21 heavy (non-hydrogen) atoms. The topological polar surface area (TPSA) is 67.4 Å². The molecule has 5 nitrogen and oxygen atoms in total. The van der Waals surface area contributed by atoms with Gasteiger partial charge in [0.1, 0.15) is 5.82 Å². The molecule has 6 heteroatoms. The van der Waals surface area contributed by atoms with E-state index in [1.54, 1.807) is 0 Å². The standard InChI is InChI=1S/C15H19FN2O3/c1-15(7-3-4-8-17-15)14(20)18-10-5-6-12(16)11(9-10)13(19)21-2/h5-6,9,17H,3-4,7-8H2,1-2H3,(H,18,20). The number of nitrogens with one attached hydrogen (secondary N) is 2. The van der Waals surface area contributed by atoms with Gasteiger partial charge in [0.2, 0.25) is 5.91 Å². The molecule has 1 aromatic rings. The fraction of sp³-hybridized carbons (Fsp3) is 0.467. The number of halogens is 1. The van der Waals surface area contributed by atoms with E-state index in [1.807, 2.05) is 6.92 Å². The van der Waals surface area contributed by atoms with Crippen LogP contribution in [0.3, 0.4) is 0 Å². The second-order valence-electron chi connectivity index (χ2n) is 5.36. The van der Waals surface area contributed by atoms with E-state index in [1.165, 1.54) is 19.2 Å². The highest BCUT2D eigenvalue weighted by molar-refractivity contribution is 5.99. The van der Waals surface area contributed by atoms with Crippen LogP contribution in [0.15, 0.2) is 18.2 Å². The molecule has 2 rings (SSSR count). The lowest BCUT2D eigenvalue weighted by atomic mass is 9.90. The van der Waals surface area contributed by atoms with Crippen molar-refractivity contribution in [1.82, 2.24) is 5.32 Å². The maximum Gasteiger partial charge on any atom is 0.340 e. The van der Waals surface area contributed by atoms with Gasteiger partial charge in [0, 0.05) is 5.69 Å². The number of hydrogen-bond acceptors (Lipinski definition) is 4. The van der Waals surface area contributed by atoms with Crippen molar-refractivity contribution < 1.29 is 18.7 Å². The molecule has 0 spiro atoms. The Morgan fingerprint density at radius 1 is 1.38 bits per heavy atom. The van der Waals surface area contributed by atoms with E-state index in [-0.39, 0.29) is 11.5 Å². The second-order valence-corrected chi connectivity index (χ2v) is 5.36. The van der Waals surface area contributed by atoms with Gasteiger partial charge in [-0.25, -0.2) is 9.18 Å². The van der Waals surface area contributed by atoms with Crippen molar-refractivity contribution in [3.05, 3.63) is 29.6 Å². The van der Waals surface area contributed by atoms with Crippen LogP contribution in [0.1, 0.15) is 36.5 Å². The zero-order chi connectivity index (χ0) is 15.5. The fourth-order valence-electron chi connectivity index (χ4n) is 2.39. The number of anilines is 1. The third-order valence-corrected chi connectivity index (χ3v) is 3.75. The first-order valence-electron chi connectivity index (χ1n) is 6.90. The van der Waals surface area contributed by atoms with Crippen LogP contribution < -0.4 is 10.6 Å². The molecule has 0 aliphatic carbocycles. The lowest BCUT2D eigenvalue weighted by molar-refractivity contribution is -0.122. The average Bonchev–Trinajstić information content (AvgIpc) is 2.49. The summed E-state index contributed by atoms with van der Waals surface area (Å²) in [5.74, 6) is -1.64. The number of benzene rings is 1. The van der Waals surface area contributed by atoms with Gasteiger partial charge in [-0.1, -0.05) is 0 Å². The first kappa shape index (κ1) is 15.4. The third-order valence-electron chi connectivity index (χ3n) is 3.75. The highest BCUT2D eigenvalue weighted by Gasteiger charge is 2.34. The van der Waals surface area contributed by atoms with Crippen LogP contribution in [0.5, 0.6) is 0 Å². The summed E-state index contributed by atoms with van der Waals surface area (Å²) in [5.41, 5.74) is -0.467. The number of hydrogen-bond donors (Lipinski definition) is 2. The van der Waals surface area contributed by atoms with E-state index in [9.17, 15) is 14.0 Å². The minimum absolute atomic E-state index is 0.190. The minimum Gasteiger partial charge on any atom is -0.465 e. The first-order chi connectivity index (χ1) is 9.96. The molecular formula is C15H19FN2O3. The highest BCUT2D eigenvalue weighted by Crippen LogP contribution is 2.22. The van der Waals surface area contributed by atoms with Gasteiger partial charge in [-0.2, -0.15) is 0 Å². The van der Waals surface area contributed by atoms with Crippen molar-refractivity contribution >= 4 is 17.6 Å². The van der Waals surface area contributed by atoms with Crippen LogP contribution in [0.4, 0.5) is 10.1 Å². The number of amides is 1. The lowest BCUT2D eigenvalue weighted by Crippen LogP contribution is -2.54. The number of carbonyl (C=O) groups excluding carboxylic acids is 2. The quantitative estimate of drug-likeness (QED) is 0.838. The van der Waals surface area contributed by atoms with Crippen LogP contribution in [0, 0.1) is 5.82 Å². The zero-order valence-electron chi connectivity index (χ0n) is 12.2. The summed E-state index contributed by atoms with van der Waals surface area (Å²) in [6, 6.07) is 3.84. The molecule has 0 aromatic heterocycles. The SMILES string of the molecule is COC(=O)c1cc(NC(=O)C2(C)CCCCN2)ccc1F. The number of piperidine rings is 1.